The van der Waals surface area contributed by atoms with E-state index in [1.807, 2.05) is 56.3 Å². The molecule has 0 unspecified atom stereocenters. The van der Waals surface area contributed by atoms with Gasteiger partial charge in [0.05, 0.1) is 18.0 Å². The molecule has 0 aliphatic carbocycles. The van der Waals surface area contributed by atoms with Crippen molar-refractivity contribution >= 4 is 32.4 Å². The number of hydrogen-bond donors (Lipinski definition) is 2. The van der Waals surface area contributed by atoms with Gasteiger partial charge in [-0.1, -0.05) is 24.3 Å². The minimum atomic E-state index is -3.31. The lowest BCUT2D eigenvalue weighted by Gasteiger charge is -2.15. The summed E-state index contributed by atoms with van der Waals surface area (Å²) in [5.41, 5.74) is 3.10. The average molecular weight is 344 g/mol. The highest BCUT2D eigenvalue weighted by molar-refractivity contribution is 7.92. The highest BCUT2D eigenvalue weighted by Gasteiger charge is 2.12. The van der Waals surface area contributed by atoms with E-state index in [0.717, 1.165) is 34.2 Å². The molecular formula is C18H20N2O3S. The third-order valence-corrected chi connectivity index (χ3v) is 4.38. The van der Waals surface area contributed by atoms with Gasteiger partial charge in [-0.15, -0.1) is 0 Å². The molecule has 2 N–H and O–H groups in total. The molecule has 0 bridgehead atoms. The number of aryl methyl sites for hydroxylation is 1. The van der Waals surface area contributed by atoms with Gasteiger partial charge in [0.25, 0.3) is 0 Å². The first kappa shape index (κ1) is 16.4. The summed E-state index contributed by atoms with van der Waals surface area (Å²) >= 11 is 0. The van der Waals surface area contributed by atoms with E-state index in [-0.39, 0.29) is 6.04 Å². The molecule has 3 aromatic rings. The van der Waals surface area contributed by atoms with Crippen molar-refractivity contribution < 1.29 is 12.8 Å². The standard InChI is InChI=1S/C18H20N2O3S/c1-12-8-9-15(11-16(12)20-24(3,21)22)19-13(2)18-10-14-6-4-5-7-17(14)23-18/h4-11,13,19-20H,1-3H3/t13-/m0/s1. The predicted octanol–water partition coefficient (Wildman–Crippen LogP) is 4.29. The summed E-state index contributed by atoms with van der Waals surface area (Å²) in [6, 6.07) is 15.4. The molecular weight excluding hydrogens is 324 g/mol. The second-order valence-electron chi connectivity index (χ2n) is 5.96. The molecule has 126 valence electrons. The third-order valence-electron chi connectivity index (χ3n) is 3.79. The Hall–Kier alpha value is -2.47. The zero-order valence-electron chi connectivity index (χ0n) is 13.8. The number of rotatable bonds is 5. The minimum absolute atomic E-state index is 0.0498. The first-order valence-electron chi connectivity index (χ1n) is 7.65. The van der Waals surface area contributed by atoms with Crippen LogP contribution in [-0.2, 0) is 10.0 Å². The van der Waals surface area contributed by atoms with Crippen LogP contribution in [0.1, 0.15) is 24.3 Å². The third kappa shape index (κ3) is 3.71. The smallest absolute Gasteiger partial charge is 0.229 e. The van der Waals surface area contributed by atoms with Crippen LogP contribution in [0, 0.1) is 6.92 Å². The van der Waals surface area contributed by atoms with E-state index in [1.54, 1.807) is 6.07 Å². The lowest BCUT2D eigenvalue weighted by molar-refractivity contribution is 0.526. The topological polar surface area (TPSA) is 71.3 Å². The molecule has 0 fully saturated rings. The molecule has 0 amide bonds. The maximum Gasteiger partial charge on any atom is 0.229 e. The van der Waals surface area contributed by atoms with Crippen molar-refractivity contribution in [3.8, 4) is 0 Å². The second kappa shape index (κ2) is 6.20. The van der Waals surface area contributed by atoms with E-state index in [9.17, 15) is 8.42 Å². The summed E-state index contributed by atoms with van der Waals surface area (Å²) in [6.45, 7) is 3.86. The van der Waals surface area contributed by atoms with Crippen LogP contribution < -0.4 is 10.0 Å². The van der Waals surface area contributed by atoms with E-state index < -0.39 is 10.0 Å². The molecule has 0 radical (unpaired) electrons. The number of fused-ring (bicyclic) bond motifs is 1. The van der Waals surface area contributed by atoms with E-state index in [4.69, 9.17) is 4.42 Å². The lowest BCUT2D eigenvalue weighted by atomic mass is 10.1. The van der Waals surface area contributed by atoms with Gasteiger partial charge in [0.15, 0.2) is 0 Å². The van der Waals surface area contributed by atoms with Crippen molar-refractivity contribution in [3.63, 3.8) is 0 Å². The Morgan fingerprint density at radius 2 is 1.83 bits per heavy atom. The Labute approximate surface area is 141 Å². The van der Waals surface area contributed by atoms with Gasteiger partial charge in [0, 0.05) is 11.1 Å². The van der Waals surface area contributed by atoms with Crippen molar-refractivity contribution in [1.29, 1.82) is 0 Å². The molecule has 0 aliphatic rings. The fraction of sp³-hybridized carbons (Fsp3) is 0.222. The van der Waals surface area contributed by atoms with E-state index >= 15 is 0 Å². The normalized spacial score (nSPS) is 13.0. The molecule has 1 aromatic heterocycles. The first-order valence-corrected chi connectivity index (χ1v) is 9.54. The van der Waals surface area contributed by atoms with Crippen molar-refractivity contribution in [2.75, 3.05) is 16.3 Å². The molecule has 0 spiro atoms. The van der Waals surface area contributed by atoms with Crippen LogP contribution in [0.15, 0.2) is 52.9 Å². The SMILES string of the molecule is Cc1ccc(N[C@@H](C)c2cc3ccccc3o2)cc1NS(C)(=O)=O. The van der Waals surface area contributed by atoms with Crippen LogP contribution >= 0.6 is 0 Å². The van der Waals surface area contributed by atoms with Crippen LogP contribution in [0.2, 0.25) is 0 Å². The molecule has 0 saturated carbocycles. The number of para-hydroxylation sites is 1. The van der Waals surface area contributed by atoms with Crippen LogP contribution in [-0.4, -0.2) is 14.7 Å². The first-order chi connectivity index (χ1) is 11.3. The number of hydrogen-bond acceptors (Lipinski definition) is 4. The van der Waals surface area contributed by atoms with Crippen molar-refractivity contribution in [1.82, 2.24) is 0 Å². The molecule has 0 aliphatic heterocycles. The minimum Gasteiger partial charge on any atom is -0.459 e. The molecule has 1 atom stereocenters. The Kier molecular flexibility index (Phi) is 4.24. The molecule has 24 heavy (non-hydrogen) atoms. The highest BCUT2D eigenvalue weighted by Crippen LogP contribution is 2.28. The summed E-state index contributed by atoms with van der Waals surface area (Å²) in [7, 11) is -3.31. The fourth-order valence-electron chi connectivity index (χ4n) is 2.56. The predicted molar refractivity (Wildman–Crippen MR) is 97.9 cm³/mol. The highest BCUT2D eigenvalue weighted by atomic mass is 32.2. The second-order valence-corrected chi connectivity index (χ2v) is 7.71. The van der Waals surface area contributed by atoms with Crippen LogP contribution in [0.5, 0.6) is 0 Å². The lowest BCUT2D eigenvalue weighted by Crippen LogP contribution is -2.11. The Balaban J connectivity index is 1.83. The monoisotopic (exact) mass is 344 g/mol. The van der Waals surface area contributed by atoms with Crippen molar-refractivity contribution in [3.05, 3.63) is 59.9 Å². The number of anilines is 2. The van der Waals surface area contributed by atoms with Gasteiger partial charge in [-0.2, -0.15) is 0 Å². The largest absolute Gasteiger partial charge is 0.459 e. The summed E-state index contributed by atoms with van der Waals surface area (Å²) in [5, 5.41) is 4.40. The van der Waals surface area contributed by atoms with Gasteiger partial charge >= 0.3 is 0 Å². The molecule has 1 heterocycles. The number of sulfonamides is 1. The van der Waals surface area contributed by atoms with E-state index in [2.05, 4.69) is 10.0 Å². The molecule has 2 aromatic carbocycles. The molecule has 3 rings (SSSR count). The number of nitrogens with one attached hydrogen (secondary N) is 2. The summed E-state index contributed by atoms with van der Waals surface area (Å²) < 4.78 is 31.3. The zero-order chi connectivity index (χ0) is 17.3. The average Bonchev–Trinajstić information content (AvgIpc) is 2.93. The van der Waals surface area contributed by atoms with Crippen LogP contribution in [0.25, 0.3) is 11.0 Å². The molecule has 5 nitrogen and oxygen atoms in total. The Bertz CT molecular complexity index is 944. The van der Waals surface area contributed by atoms with Gasteiger partial charge in [0.1, 0.15) is 11.3 Å². The quantitative estimate of drug-likeness (QED) is 0.724. The van der Waals surface area contributed by atoms with Gasteiger partial charge in [-0.05, 0) is 43.7 Å². The number of benzene rings is 2. The Morgan fingerprint density at radius 3 is 2.54 bits per heavy atom. The summed E-state index contributed by atoms with van der Waals surface area (Å²) in [5.74, 6) is 0.828. The van der Waals surface area contributed by atoms with E-state index in [1.165, 1.54) is 0 Å². The van der Waals surface area contributed by atoms with Gasteiger partial charge in [0.2, 0.25) is 10.0 Å². The fourth-order valence-corrected chi connectivity index (χ4v) is 3.18. The van der Waals surface area contributed by atoms with Gasteiger partial charge < -0.3 is 9.73 Å². The maximum atomic E-state index is 11.5. The van der Waals surface area contributed by atoms with E-state index in [0.29, 0.717) is 5.69 Å². The van der Waals surface area contributed by atoms with Gasteiger partial charge in [-0.25, -0.2) is 8.42 Å². The maximum absolute atomic E-state index is 11.5. The van der Waals surface area contributed by atoms with Crippen LogP contribution in [0.4, 0.5) is 11.4 Å². The van der Waals surface area contributed by atoms with Crippen molar-refractivity contribution in [2.24, 2.45) is 0 Å². The molecule has 6 heteroatoms. The summed E-state index contributed by atoms with van der Waals surface area (Å²) in [6.07, 6.45) is 1.14. The van der Waals surface area contributed by atoms with Gasteiger partial charge in [-0.3, -0.25) is 4.72 Å². The zero-order valence-corrected chi connectivity index (χ0v) is 14.6. The number of furan rings is 1. The summed E-state index contributed by atoms with van der Waals surface area (Å²) in [4.78, 5) is 0. The van der Waals surface area contributed by atoms with Crippen molar-refractivity contribution in [2.45, 2.75) is 19.9 Å². The van der Waals surface area contributed by atoms with Crippen LogP contribution in [0.3, 0.4) is 0 Å². The Morgan fingerprint density at radius 1 is 1.08 bits per heavy atom. The molecule has 0 saturated heterocycles.